The van der Waals surface area contributed by atoms with Gasteiger partial charge in [0, 0.05) is 32.4 Å². The highest BCUT2D eigenvalue weighted by Gasteiger charge is 2.27. The Balaban J connectivity index is 2.14. The van der Waals surface area contributed by atoms with Gasteiger partial charge in [0.1, 0.15) is 6.04 Å². The highest BCUT2D eigenvalue weighted by molar-refractivity contribution is 7.96. The number of hydrogen-bond acceptors (Lipinski definition) is 7. The molecule has 0 aromatic carbocycles. The lowest BCUT2D eigenvalue weighted by molar-refractivity contribution is -0.142. The average molecular weight is 629 g/mol. The van der Waals surface area contributed by atoms with E-state index in [0.717, 1.165) is 64.3 Å². The molecule has 0 aliphatic carbocycles. The van der Waals surface area contributed by atoms with Crippen LogP contribution in [-0.4, -0.2) is 88.2 Å². The summed E-state index contributed by atoms with van der Waals surface area (Å²) in [5, 5.41) is 25.9. The average Bonchev–Trinajstić information content (AvgIpc) is 3.49. The van der Waals surface area contributed by atoms with Crippen LogP contribution < -0.4 is 16.0 Å². The fourth-order valence-corrected chi connectivity index (χ4v) is 5.26. The van der Waals surface area contributed by atoms with Crippen molar-refractivity contribution in [1.82, 2.24) is 20.9 Å². The zero-order chi connectivity index (χ0) is 31.9. The molecule has 2 atom stereocenters. The minimum atomic E-state index is -1.20. The third-order valence-electron chi connectivity index (χ3n) is 7.54. The van der Waals surface area contributed by atoms with Crippen molar-refractivity contribution < 1.29 is 39.0 Å². The largest absolute Gasteiger partial charge is 0.481 e. The maximum Gasteiger partial charge on any atom is 0.326 e. The number of hydrogen-bond donors (Lipinski definition) is 6. The van der Waals surface area contributed by atoms with Gasteiger partial charge in [0.2, 0.25) is 22.8 Å². The van der Waals surface area contributed by atoms with Gasteiger partial charge in [-0.2, -0.15) is 0 Å². The molecule has 0 aromatic rings. The molecule has 43 heavy (non-hydrogen) atoms. The summed E-state index contributed by atoms with van der Waals surface area (Å²) in [6, 6.07) is -1.51. The first-order valence-electron chi connectivity index (χ1n) is 15.8. The SMILES string of the molecule is O=C(O)CCCCCCCCCCCCCCC(=O)NC(CCC(=O)NCCN(CC(=O)S)C(=O)C1CCCN1)C(=O)O. The van der Waals surface area contributed by atoms with Crippen LogP contribution in [-0.2, 0) is 28.8 Å². The molecule has 13 heteroatoms. The van der Waals surface area contributed by atoms with Crippen molar-refractivity contribution in [3.63, 3.8) is 0 Å². The first-order chi connectivity index (χ1) is 20.6. The van der Waals surface area contributed by atoms with Crippen LogP contribution in [0.25, 0.3) is 0 Å². The highest BCUT2D eigenvalue weighted by Crippen LogP contribution is 2.13. The molecule has 1 aliphatic rings. The Morgan fingerprint density at radius 3 is 1.84 bits per heavy atom. The molecule has 0 radical (unpaired) electrons. The molecule has 0 bridgehead atoms. The van der Waals surface area contributed by atoms with E-state index in [2.05, 4.69) is 28.6 Å². The van der Waals surface area contributed by atoms with Crippen LogP contribution in [0.5, 0.6) is 0 Å². The number of amides is 3. The van der Waals surface area contributed by atoms with Crippen molar-refractivity contribution in [3.8, 4) is 0 Å². The normalized spacial score (nSPS) is 15.0. The Morgan fingerprint density at radius 1 is 0.791 bits per heavy atom. The van der Waals surface area contributed by atoms with Gasteiger partial charge in [0.05, 0.1) is 12.6 Å². The van der Waals surface area contributed by atoms with Crippen molar-refractivity contribution in [2.75, 3.05) is 26.2 Å². The summed E-state index contributed by atoms with van der Waals surface area (Å²) >= 11 is 3.76. The standard InChI is InChI=1S/C30H52N4O8S/c35-25(32-20-21-34(22-28(39)43)29(40)23-14-13-19-31-23)18-17-24(30(41)42)33-26(36)15-11-9-7-5-3-1-2-4-6-8-10-12-16-27(37)38/h23-24,31H,1-22H2,(H,32,35)(H,33,36)(H,37,38)(H,39,43)(H,41,42). The van der Waals surface area contributed by atoms with Gasteiger partial charge in [-0.3, -0.25) is 24.0 Å². The van der Waals surface area contributed by atoms with Gasteiger partial charge in [-0.1, -0.05) is 64.2 Å². The number of thiol groups is 1. The van der Waals surface area contributed by atoms with E-state index in [0.29, 0.717) is 12.8 Å². The molecule has 0 saturated carbocycles. The molecule has 2 unspecified atom stereocenters. The molecule has 3 amide bonds. The fraction of sp³-hybridized carbons (Fsp3) is 0.800. The van der Waals surface area contributed by atoms with Crippen molar-refractivity contribution in [2.45, 2.75) is 128 Å². The maximum absolute atomic E-state index is 12.6. The first-order valence-corrected chi connectivity index (χ1v) is 16.3. The van der Waals surface area contributed by atoms with Crippen LogP contribution in [0.1, 0.15) is 116 Å². The van der Waals surface area contributed by atoms with E-state index in [4.69, 9.17) is 5.11 Å². The van der Waals surface area contributed by atoms with Gasteiger partial charge in [0.15, 0.2) is 0 Å². The van der Waals surface area contributed by atoms with E-state index in [9.17, 15) is 33.9 Å². The van der Waals surface area contributed by atoms with Crippen LogP contribution in [0.3, 0.4) is 0 Å². The predicted molar refractivity (Wildman–Crippen MR) is 166 cm³/mol. The lowest BCUT2D eigenvalue weighted by atomic mass is 10.0. The topological polar surface area (TPSA) is 182 Å². The number of carboxylic acids is 2. The molecular formula is C30H52N4O8S. The van der Waals surface area contributed by atoms with Crippen LogP contribution >= 0.6 is 12.6 Å². The second kappa shape index (κ2) is 23.7. The fourth-order valence-electron chi connectivity index (χ4n) is 5.09. The molecule has 1 aliphatic heterocycles. The molecule has 1 saturated heterocycles. The number of carboxylic acid groups (broad SMARTS) is 2. The summed E-state index contributed by atoms with van der Waals surface area (Å²) in [4.78, 5) is 72.1. The van der Waals surface area contributed by atoms with E-state index in [-0.39, 0.29) is 63.2 Å². The van der Waals surface area contributed by atoms with Crippen molar-refractivity contribution >= 4 is 47.4 Å². The van der Waals surface area contributed by atoms with Gasteiger partial charge < -0.3 is 31.1 Å². The number of carbonyl (C=O) groups is 6. The quantitative estimate of drug-likeness (QED) is 0.0619. The van der Waals surface area contributed by atoms with E-state index in [1.165, 1.54) is 24.2 Å². The summed E-state index contributed by atoms with van der Waals surface area (Å²) in [5.74, 6) is -2.88. The van der Waals surface area contributed by atoms with Gasteiger partial charge >= 0.3 is 11.9 Å². The molecule has 1 rings (SSSR count). The number of nitrogens with one attached hydrogen (secondary N) is 3. The maximum atomic E-state index is 12.6. The zero-order valence-electron chi connectivity index (χ0n) is 25.4. The number of unbranched alkanes of at least 4 members (excludes halogenated alkanes) is 11. The molecule has 12 nitrogen and oxygen atoms in total. The number of aliphatic carboxylic acids is 2. The van der Waals surface area contributed by atoms with Gasteiger partial charge in [-0.15, -0.1) is 12.6 Å². The predicted octanol–water partition coefficient (Wildman–Crippen LogP) is 3.04. The van der Waals surface area contributed by atoms with Crippen LogP contribution in [0.15, 0.2) is 0 Å². The Labute approximate surface area is 260 Å². The lowest BCUT2D eigenvalue weighted by Crippen LogP contribution is -2.48. The first kappa shape index (κ1) is 38.4. The summed E-state index contributed by atoms with van der Waals surface area (Å²) in [6.45, 7) is 0.813. The summed E-state index contributed by atoms with van der Waals surface area (Å²) in [7, 11) is 0. The van der Waals surface area contributed by atoms with Crippen molar-refractivity contribution in [1.29, 1.82) is 0 Å². The monoisotopic (exact) mass is 628 g/mol. The van der Waals surface area contributed by atoms with Gasteiger partial charge in [-0.25, -0.2) is 4.79 Å². The van der Waals surface area contributed by atoms with Gasteiger partial charge in [-0.05, 0) is 38.6 Å². The zero-order valence-corrected chi connectivity index (χ0v) is 26.3. The second-order valence-corrected chi connectivity index (χ2v) is 11.8. The third kappa shape index (κ3) is 20.0. The molecule has 5 N–H and O–H groups in total. The smallest absolute Gasteiger partial charge is 0.326 e. The van der Waals surface area contributed by atoms with Gasteiger partial charge in [0.25, 0.3) is 0 Å². The minimum absolute atomic E-state index is 0.0565. The lowest BCUT2D eigenvalue weighted by Gasteiger charge is -2.24. The van der Waals surface area contributed by atoms with E-state index >= 15 is 0 Å². The number of nitrogens with zero attached hydrogens (tertiary/aromatic N) is 1. The minimum Gasteiger partial charge on any atom is -0.481 e. The molecule has 0 spiro atoms. The summed E-state index contributed by atoms with van der Waals surface area (Å²) < 4.78 is 0. The molecule has 0 aromatic heterocycles. The van der Waals surface area contributed by atoms with Crippen LogP contribution in [0.4, 0.5) is 0 Å². The van der Waals surface area contributed by atoms with Crippen LogP contribution in [0, 0.1) is 0 Å². The van der Waals surface area contributed by atoms with Crippen molar-refractivity contribution in [2.24, 2.45) is 0 Å². The van der Waals surface area contributed by atoms with Crippen molar-refractivity contribution in [3.05, 3.63) is 0 Å². The number of rotatable bonds is 26. The van der Waals surface area contributed by atoms with Crippen LogP contribution in [0.2, 0.25) is 0 Å². The molecule has 246 valence electrons. The highest BCUT2D eigenvalue weighted by atomic mass is 32.1. The number of carbonyl (C=O) groups excluding carboxylic acids is 4. The van der Waals surface area contributed by atoms with E-state index in [1.807, 2.05) is 0 Å². The molecular weight excluding hydrogens is 576 g/mol. The molecule has 1 heterocycles. The Hall–Kier alpha value is -2.67. The molecule has 1 fully saturated rings. The van der Waals surface area contributed by atoms with E-state index < -0.39 is 29.0 Å². The second-order valence-electron chi connectivity index (χ2n) is 11.3. The summed E-state index contributed by atoms with van der Waals surface area (Å²) in [6.07, 6.45) is 14.2. The Morgan fingerprint density at radius 2 is 1.35 bits per heavy atom. The summed E-state index contributed by atoms with van der Waals surface area (Å²) in [5.41, 5.74) is 0. The Kier molecular flexibility index (Phi) is 21.2. The Bertz CT molecular complexity index is 882. The van der Waals surface area contributed by atoms with E-state index in [1.54, 1.807) is 0 Å². The third-order valence-corrected chi connectivity index (χ3v) is 7.68.